The van der Waals surface area contributed by atoms with E-state index < -0.39 is 17.7 Å². The van der Waals surface area contributed by atoms with Crippen LogP contribution in [0.25, 0.3) is 0 Å². The summed E-state index contributed by atoms with van der Waals surface area (Å²) in [6.07, 6.45) is -1.36. The van der Waals surface area contributed by atoms with E-state index in [1.54, 1.807) is 25.1 Å². The SMILES string of the molecule is CCOc1ccc(Br)cc1C(O)c1cc(F)c(Cl)cc1F. The normalized spacial score (nSPS) is 12.3. The molecule has 2 aromatic carbocycles. The van der Waals surface area contributed by atoms with Crippen molar-refractivity contribution < 1.29 is 18.6 Å². The molecule has 2 nitrogen and oxygen atoms in total. The molecule has 0 aliphatic rings. The molecule has 0 amide bonds. The van der Waals surface area contributed by atoms with Crippen molar-refractivity contribution in [1.82, 2.24) is 0 Å². The molecule has 21 heavy (non-hydrogen) atoms. The molecular weight excluding hydrogens is 366 g/mol. The van der Waals surface area contributed by atoms with Crippen molar-refractivity contribution in [2.45, 2.75) is 13.0 Å². The number of aliphatic hydroxyl groups is 1. The molecule has 2 aromatic rings. The minimum absolute atomic E-state index is 0.198. The molecule has 0 saturated carbocycles. The third-order valence-corrected chi connectivity index (χ3v) is 3.68. The molecule has 1 atom stereocenters. The van der Waals surface area contributed by atoms with Gasteiger partial charge in [-0.25, -0.2) is 8.78 Å². The van der Waals surface area contributed by atoms with E-state index in [9.17, 15) is 13.9 Å². The average Bonchev–Trinajstić information content (AvgIpc) is 2.44. The average molecular weight is 378 g/mol. The van der Waals surface area contributed by atoms with Crippen molar-refractivity contribution >= 4 is 27.5 Å². The van der Waals surface area contributed by atoms with Crippen molar-refractivity contribution in [3.63, 3.8) is 0 Å². The van der Waals surface area contributed by atoms with Crippen molar-refractivity contribution in [2.75, 3.05) is 6.61 Å². The van der Waals surface area contributed by atoms with Gasteiger partial charge in [-0.3, -0.25) is 0 Å². The van der Waals surface area contributed by atoms with Crippen LogP contribution in [0.3, 0.4) is 0 Å². The van der Waals surface area contributed by atoms with Gasteiger partial charge in [-0.15, -0.1) is 0 Å². The number of aliphatic hydroxyl groups excluding tert-OH is 1. The largest absolute Gasteiger partial charge is 0.493 e. The Balaban J connectivity index is 2.51. The standard InChI is InChI=1S/C15H12BrClF2O2/c1-2-21-14-4-3-8(16)5-10(14)15(20)9-6-13(19)11(17)7-12(9)18/h3-7,15,20H,2H2,1H3. The van der Waals surface area contributed by atoms with Gasteiger partial charge in [0, 0.05) is 15.6 Å². The Hall–Kier alpha value is -1.17. The van der Waals surface area contributed by atoms with Gasteiger partial charge in [0.05, 0.1) is 11.6 Å². The molecule has 0 saturated heterocycles. The van der Waals surface area contributed by atoms with Gasteiger partial charge in [-0.2, -0.15) is 0 Å². The van der Waals surface area contributed by atoms with E-state index >= 15 is 0 Å². The lowest BCUT2D eigenvalue weighted by atomic mass is 10.00. The lowest BCUT2D eigenvalue weighted by molar-refractivity contribution is 0.206. The number of hydrogen-bond donors (Lipinski definition) is 1. The molecule has 6 heteroatoms. The zero-order valence-corrected chi connectivity index (χ0v) is 13.4. The quantitative estimate of drug-likeness (QED) is 0.771. The van der Waals surface area contributed by atoms with Gasteiger partial charge in [-0.05, 0) is 37.3 Å². The number of ether oxygens (including phenoxy) is 1. The first-order valence-corrected chi connectivity index (χ1v) is 7.36. The van der Waals surface area contributed by atoms with Crippen LogP contribution in [-0.4, -0.2) is 11.7 Å². The summed E-state index contributed by atoms with van der Waals surface area (Å²) in [4.78, 5) is 0. The summed E-state index contributed by atoms with van der Waals surface area (Å²) in [5.41, 5.74) is 0.141. The predicted molar refractivity (Wildman–Crippen MR) is 80.7 cm³/mol. The minimum atomic E-state index is -1.36. The van der Waals surface area contributed by atoms with Crippen LogP contribution in [0, 0.1) is 11.6 Å². The Morgan fingerprint density at radius 2 is 1.90 bits per heavy atom. The minimum Gasteiger partial charge on any atom is -0.493 e. The van der Waals surface area contributed by atoms with Gasteiger partial charge in [0.2, 0.25) is 0 Å². The fourth-order valence-electron chi connectivity index (χ4n) is 1.93. The molecule has 1 N–H and O–H groups in total. The highest BCUT2D eigenvalue weighted by Crippen LogP contribution is 2.34. The third-order valence-electron chi connectivity index (χ3n) is 2.90. The van der Waals surface area contributed by atoms with Gasteiger partial charge in [0.15, 0.2) is 0 Å². The first-order valence-electron chi connectivity index (χ1n) is 6.18. The number of benzene rings is 2. The fraction of sp³-hybridized carbons (Fsp3) is 0.200. The van der Waals surface area contributed by atoms with E-state index in [-0.39, 0.29) is 10.6 Å². The lowest BCUT2D eigenvalue weighted by Crippen LogP contribution is -2.07. The number of rotatable bonds is 4. The summed E-state index contributed by atoms with van der Waals surface area (Å²) < 4.78 is 33.5. The zero-order chi connectivity index (χ0) is 15.6. The molecule has 112 valence electrons. The molecule has 0 bridgehead atoms. The van der Waals surface area contributed by atoms with Crippen LogP contribution in [0.4, 0.5) is 8.78 Å². The molecule has 2 rings (SSSR count). The van der Waals surface area contributed by atoms with E-state index in [4.69, 9.17) is 16.3 Å². The molecular formula is C15H12BrClF2O2. The van der Waals surface area contributed by atoms with E-state index in [0.717, 1.165) is 12.1 Å². The summed E-state index contributed by atoms with van der Waals surface area (Å²) >= 11 is 8.79. The van der Waals surface area contributed by atoms with E-state index in [2.05, 4.69) is 15.9 Å². The molecule has 0 spiro atoms. The Morgan fingerprint density at radius 1 is 1.19 bits per heavy atom. The van der Waals surface area contributed by atoms with Gasteiger partial charge < -0.3 is 9.84 Å². The van der Waals surface area contributed by atoms with Crippen LogP contribution in [0.15, 0.2) is 34.8 Å². The van der Waals surface area contributed by atoms with Crippen LogP contribution in [-0.2, 0) is 0 Å². The van der Waals surface area contributed by atoms with E-state index in [1.807, 2.05) is 0 Å². The summed E-state index contributed by atoms with van der Waals surface area (Å²) in [5, 5.41) is 10.0. The van der Waals surface area contributed by atoms with Crippen molar-refractivity contribution in [1.29, 1.82) is 0 Å². The van der Waals surface area contributed by atoms with Crippen molar-refractivity contribution in [3.8, 4) is 5.75 Å². The first-order chi connectivity index (χ1) is 9.93. The highest BCUT2D eigenvalue weighted by atomic mass is 79.9. The summed E-state index contributed by atoms with van der Waals surface area (Å²) in [6, 6.07) is 6.71. The maximum absolute atomic E-state index is 13.9. The summed E-state index contributed by atoms with van der Waals surface area (Å²) in [7, 11) is 0. The van der Waals surface area contributed by atoms with Crippen LogP contribution >= 0.6 is 27.5 Å². The topological polar surface area (TPSA) is 29.5 Å². The Morgan fingerprint density at radius 3 is 2.57 bits per heavy atom. The van der Waals surface area contributed by atoms with Crippen molar-refractivity contribution in [3.05, 3.63) is 62.6 Å². The number of hydrogen-bond acceptors (Lipinski definition) is 2. The van der Waals surface area contributed by atoms with Crippen molar-refractivity contribution in [2.24, 2.45) is 0 Å². The second-order valence-corrected chi connectivity index (χ2v) is 5.63. The molecule has 0 heterocycles. The molecule has 0 aliphatic carbocycles. The Kier molecular flexibility index (Phi) is 5.19. The summed E-state index contributed by atoms with van der Waals surface area (Å²) in [6.45, 7) is 2.18. The Labute approximate surface area is 134 Å². The van der Waals surface area contributed by atoms with Gasteiger partial charge >= 0.3 is 0 Å². The molecule has 0 radical (unpaired) electrons. The van der Waals surface area contributed by atoms with Gasteiger partial charge in [0.25, 0.3) is 0 Å². The molecule has 0 fully saturated rings. The van der Waals surface area contributed by atoms with Crippen LogP contribution in [0.1, 0.15) is 24.2 Å². The zero-order valence-electron chi connectivity index (χ0n) is 11.0. The van der Waals surface area contributed by atoms with E-state index in [1.165, 1.54) is 0 Å². The highest BCUT2D eigenvalue weighted by Gasteiger charge is 2.21. The van der Waals surface area contributed by atoms with Gasteiger partial charge in [-0.1, -0.05) is 27.5 Å². The van der Waals surface area contributed by atoms with Gasteiger partial charge in [0.1, 0.15) is 23.5 Å². The summed E-state index contributed by atoms with van der Waals surface area (Å²) in [5.74, 6) is -1.17. The molecule has 0 aliphatic heterocycles. The van der Waals surface area contributed by atoms with E-state index in [0.29, 0.717) is 22.4 Å². The maximum Gasteiger partial charge on any atom is 0.142 e. The van der Waals surface area contributed by atoms with Crippen LogP contribution in [0.2, 0.25) is 5.02 Å². The van der Waals surface area contributed by atoms with Crippen LogP contribution < -0.4 is 4.74 Å². The van der Waals surface area contributed by atoms with Crippen LogP contribution in [0.5, 0.6) is 5.75 Å². The predicted octanol–water partition coefficient (Wildman–Crippen LogP) is 4.86. The monoisotopic (exact) mass is 376 g/mol. The first kappa shape index (κ1) is 16.2. The molecule has 0 aromatic heterocycles. The molecule has 1 unspecified atom stereocenters. The number of halogens is 4. The Bertz CT molecular complexity index is 664. The highest BCUT2D eigenvalue weighted by molar-refractivity contribution is 9.10. The maximum atomic E-state index is 13.9. The third kappa shape index (κ3) is 3.54. The smallest absolute Gasteiger partial charge is 0.142 e. The lowest BCUT2D eigenvalue weighted by Gasteiger charge is -2.17. The second kappa shape index (κ2) is 6.73. The fourth-order valence-corrected chi connectivity index (χ4v) is 2.46. The second-order valence-electron chi connectivity index (χ2n) is 4.31.